The average Bonchev–Trinajstić information content (AvgIpc) is 2.33. The Hall–Kier alpha value is -1.01. The number of esters is 1. The van der Waals surface area contributed by atoms with Gasteiger partial charge < -0.3 is 15.2 Å². The van der Waals surface area contributed by atoms with Gasteiger partial charge in [-0.3, -0.25) is 9.59 Å². The number of hydrogen-bond donors (Lipinski definition) is 2. The lowest BCUT2D eigenvalue weighted by atomic mass is 9.90. The van der Waals surface area contributed by atoms with Crippen molar-refractivity contribution in [1.82, 2.24) is 5.32 Å². The molecule has 0 amide bonds. The van der Waals surface area contributed by atoms with E-state index < -0.39 is 24.1 Å². The van der Waals surface area contributed by atoms with E-state index in [1.54, 1.807) is 11.8 Å². The Morgan fingerprint density at radius 2 is 2.05 bits per heavy atom. The van der Waals surface area contributed by atoms with E-state index in [-0.39, 0.29) is 5.92 Å². The third kappa shape index (κ3) is 6.11. The van der Waals surface area contributed by atoms with Gasteiger partial charge in [0.25, 0.3) is 0 Å². The number of hydrogen-bond acceptors (Lipinski definition) is 5. The van der Waals surface area contributed by atoms with Gasteiger partial charge in [0.15, 0.2) is 0 Å². The van der Waals surface area contributed by atoms with Crippen LogP contribution in [0.4, 0.5) is 0 Å². The third-order valence-electron chi connectivity index (χ3n) is 2.97. The number of carboxylic acid groups (broad SMARTS) is 1. The second-order valence-electron chi connectivity index (χ2n) is 4.37. The van der Waals surface area contributed by atoms with Gasteiger partial charge in [0.1, 0.15) is 12.1 Å². The highest BCUT2D eigenvalue weighted by atomic mass is 32.2. The van der Waals surface area contributed by atoms with E-state index in [2.05, 4.69) is 11.9 Å². The number of nitrogens with one attached hydrogen (secondary N) is 1. The molecular weight excluding hydrogens is 266 g/mol. The highest BCUT2D eigenvalue weighted by molar-refractivity contribution is 7.98. The molecule has 0 aromatic carbocycles. The van der Waals surface area contributed by atoms with Crippen LogP contribution in [0.1, 0.15) is 20.3 Å². The quantitative estimate of drug-likeness (QED) is 0.495. The van der Waals surface area contributed by atoms with E-state index >= 15 is 0 Å². The highest BCUT2D eigenvalue weighted by Gasteiger charge is 2.34. The van der Waals surface area contributed by atoms with Crippen molar-refractivity contribution in [3.05, 3.63) is 12.2 Å². The second kappa shape index (κ2) is 8.98. The molecule has 0 aliphatic heterocycles. The fourth-order valence-electron chi connectivity index (χ4n) is 1.77. The molecule has 2 N–H and O–H groups in total. The van der Waals surface area contributed by atoms with Crippen molar-refractivity contribution in [3.8, 4) is 0 Å². The zero-order chi connectivity index (χ0) is 15.0. The Kier molecular flexibility index (Phi) is 8.51. The van der Waals surface area contributed by atoms with Gasteiger partial charge in [-0.2, -0.15) is 11.8 Å². The van der Waals surface area contributed by atoms with Crippen LogP contribution in [0, 0.1) is 5.92 Å². The average molecular weight is 289 g/mol. The summed E-state index contributed by atoms with van der Waals surface area (Å²) in [7, 11) is 1.53. The van der Waals surface area contributed by atoms with Crippen molar-refractivity contribution in [2.75, 3.05) is 19.1 Å². The second-order valence-corrected chi connectivity index (χ2v) is 5.35. The van der Waals surface area contributed by atoms with E-state index in [4.69, 9.17) is 4.74 Å². The summed E-state index contributed by atoms with van der Waals surface area (Å²) >= 11 is 1.69. The molecule has 110 valence electrons. The lowest BCUT2D eigenvalue weighted by Gasteiger charge is -2.29. The molecular formula is C13H23NO4S. The van der Waals surface area contributed by atoms with Crippen LogP contribution in [0.15, 0.2) is 12.2 Å². The number of carbonyl (C=O) groups excluding carboxylic acids is 1. The molecule has 19 heavy (non-hydrogen) atoms. The first kappa shape index (κ1) is 18.0. The van der Waals surface area contributed by atoms with Crippen LogP contribution < -0.4 is 5.32 Å². The van der Waals surface area contributed by atoms with E-state index in [1.165, 1.54) is 14.0 Å². The van der Waals surface area contributed by atoms with Crippen molar-refractivity contribution in [2.24, 2.45) is 5.92 Å². The van der Waals surface area contributed by atoms with Gasteiger partial charge >= 0.3 is 11.9 Å². The molecule has 0 heterocycles. The van der Waals surface area contributed by atoms with Gasteiger partial charge in [0, 0.05) is 12.8 Å². The SMILES string of the molecule is C=C(CCSC)[C@@H](C)[C@@H](OC(C)=O)[C@H](NC)C(=O)O. The van der Waals surface area contributed by atoms with Crippen LogP contribution in [0.3, 0.4) is 0 Å². The number of thioether (sulfide) groups is 1. The monoisotopic (exact) mass is 289 g/mol. The summed E-state index contributed by atoms with van der Waals surface area (Å²) in [6.45, 7) is 7.08. The molecule has 0 rings (SSSR count). The standard InChI is InChI=1S/C13H23NO4S/c1-8(6-7-19-5)9(2)12(18-10(3)15)11(14-4)13(16)17/h9,11-12,14H,1,6-7H2,2-5H3,(H,16,17)/t9-,11+,12-/m1/s1. The van der Waals surface area contributed by atoms with Crippen LogP contribution >= 0.6 is 11.8 Å². The van der Waals surface area contributed by atoms with Crippen LogP contribution in [0.2, 0.25) is 0 Å². The summed E-state index contributed by atoms with van der Waals surface area (Å²) < 4.78 is 5.18. The lowest BCUT2D eigenvalue weighted by Crippen LogP contribution is -2.49. The molecule has 3 atom stereocenters. The number of aliphatic carboxylic acids is 1. The molecule has 0 aromatic heterocycles. The molecule has 0 fully saturated rings. The van der Waals surface area contributed by atoms with Crippen molar-refractivity contribution < 1.29 is 19.4 Å². The smallest absolute Gasteiger partial charge is 0.324 e. The first-order valence-corrected chi connectivity index (χ1v) is 7.48. The fraction of sp³-hybridized carbons (Fsp3) is 0.692. The summed E-state index contributed by atoms with van der Waals surface area (Å²) in [6.07, 6.45) is 2.01. The van der Waals surface area contributed by atoms with Crippen molar-refractivity contribution in [1.29, 1.82) is 0 Å². The minimum absolute atomic E-state index is 0.218. The molecule has 6 heteroatoms. The van der Waals surface area contributed by atoms with Gasteiger partial charge in [-0.15, -0.1) is 0 Å². The molecule has 0 aromatic rings. The van der Waals surface area contributed by atoms with E-state index in [9.17, 15) is 14.7 Å². The minimum Gasteiger partial charge on any atom is -0.480 e. The topological polar surface area (TPSA) is 75.6 Å². The number of likely N-dealkylation sites (N-methyl/N-ethyl adjacent to an activating group) is 1. The van der Waals surface area contributed by atoms with Crippen LogP contribution in [-0.2, 0) is 14.3 Å². The van der Waals surface area contributed by atoms with Gasteiger partial charge in [0.2, 0.25) is 0 Å². The van der Waals surface area contributed by atoms with Crippen molar-refractivity contribution in [2.45, 2.75) is 32.4 Å². The summed E-state index contributed by atoms with van der Waals surface area (Å²) in [6, 6.07) is -0.940. The zero-order valence-electron chi connectivity index (χ0n) is 11.9. The van der Waals surface area contributed by atoms with E-state index in [0.29, 0.717) is 0 Å². The third-order valence-corrected chi connectivity index (χ3v) is 3.58. The summed E-state index contributed by atoms with van der Waals surface area (Å²) in [5, 5.41) is 11.9. The number of rotatable bonds is 9. The minimum atomic E-state index is -1.04. The highest BCUT2D eigenvalue weighted by Crippen LogP contribution is 2.23. The molecule has 0 bridgehead atoms. The van der Waals surface area contributed by atoms with Gasteiger partial charge in [-0.1, -0.05) is 19.1 Å². The number of carbonyl (C=O) groups is 2. The Balaban J connectivity index is 4.95. The molecule has 0 saturated heterocycles. The van der Waals surface area contributed by atoms with Gasteiger partial charge in [0.05, 0.1) is 0 Å². The van der Waals surface area contributed by atoms with Crippen molar-refractivity contribution >= 4 is 23.7 Å². The van der Waals surface area contributed by atoms with E-state index in [1.807, 2.05) is 13.2 Å². The maximum Gasteiger partial charge on any atom is 0.324 e. The molecule has 0 saturated carbocycles. The van der Waals surface area contributed by atoms with Gasteiger partial charge in [-0.25, -0.2) is 0 Å². The normalized spacial score (nSPS) is 15.4. The Morgan fingerprint density at radius 1 is 1.47 bits per heavy atom. The first-order chi connectivity index (χ1) is 8.84. The Bertz CT molecular complexity index is 333. The zero-order valence-corrected chi connectivity index (χ0v) is 12.8. The largest absolute Gasteiger partial charge is 0.480 e. The maximum absolute atomic E-state index is 11.2. The fourth-order valence-corrected chi connectivity index (χ4v) is 2.24. The Labute approximate surface area is 118 Å². The summed E-state index contributed by atoms with van der Waals surface area (Å²) in [5.74, 6) is -0.841. The molecule has 0 radical (unpaired) electrons. The molecule has 0 unspecified atom stereocenters. The predicted molar refractivity (Wildman–Crippen MR) is 77.3 cm³/mol. The maximum atomic E-state index is 11.2. The van der Waals surface area contributed by atoms with Crippen LogP contribution in [0.5, 0.6) is 0 Å². The Morgan fingerprint density at radius 3 is 2.42 bits per heavy atom. The molecule has 0 aliphatic rings. The van der Waals surface area contributed by atoms with E-state index in [0.717, 1.165) is 17.7 Å². The molecule has 5 nitrogen and oxygen atoms in total. The molecule has 0 aliphatic carbocycles. The lowest BCUT2D eigenvalue weighted by molar-refractivity contribution is -0.155. The summed E-state index contributed by atoms with van der Waals surface area (Å²) in [4.78, 5) is 22.4. The van der Waals surface area contributed by atoms with Crippen LogP contribution in [-0.4, -0.2) is 48.2 Å². The first-order valence-electron chi connectivity index (χ1n) is 6.09. The predicted octanol–water partition coefficient (Wildman–Crippen LogP) is 1.54. The summed E-state index contributed by atoms with van der Waals surface area (Å²) in [5.41, 5.74) is 0.891. The number of carboxylic acids is 1. The van der Waals surface area contributed by atoms with Gasteiger partial charge in [-0.05, 0) is 25.5 Å². The molecule has 0 spiro atoms. The number of ether oxygens (including phenoxy) is 1. The van der Waals surface area contributed by atoms with Crippen molar-refractivity contribution in [3.63, 3.8) is 0 Å². The van der Waals surface area contributed by atoms with Crippen LogP contribution in [0.25, 0.3) is 0 Å².